The van der Waals surface area contributed by atoms with Crippen molar-refractivity contribution in [3.63, 3.8) is 0 Å². The fourth-order valence-corrected chi connectivity index (χ4v) is 2.47. The molecule has 2 rings (SSSR count). The maximum absolute atomic E-state index is 12.9. The molecule has 2 amide bonds. The van der Waals surface area contributed by atoms with Crippen molar-refractivity contribution in [2.75, 3.05) is 7.05 Å². The number of hydrogen-bond donors (Lipinski definition) is 1. The molecule has 0 aliphatic heterocycles. The second kappa shape index (κ2) is 7.90. The van der Waals surface area contributed by atoms with Gasteiger partial charge in [0.1, 0.15) is 5.82 Å². The first-order valence-corrected chi connectivity index (χ1v) is 7.76. The molecular weight excluding hydrogens is 314 g/mol. The first-order valence-electron chi connectivity index (χ1n) is 7.76. The summed E-state index contributed by atoms with van der Waals surface area (Å²) in [5, 5.41) is 2.96. The van der Waals surface area contributed by atoms with Gasteiger partial charge >= 0.3 is 12.6 Å². The number of aromatic nitrogens is 2. The summed E-state index contributed by atoms with van der Waals surface area (Å²) in [5.74, 6) is 0.330. The molecule has 24 heavy (non-hydrogen) atoms. The van der Waals surface area contributed by atoms with E-state index in [0.717, 1.165) is 10.1 Å². The van der Waals surface area contributed by atoms with Gasteiger partial charge in [-0.05, 0) is 11.5 Å². The zero-order valence-electron chi connectivity index (χ0n) is 14.0. The summed E-state index contributed by atoms with van der Waals surface area (Å²) in [6.45, 7) is 1.36. The fraction of sp³-hybridized carbons (Fsp3) is 0.412. The van der Waals surface area contributed by atoms with Gasteiger partial charge in [-0.1, -0.05) is 44.2 Å². The Labute approximate surface area is 140 Å². The van der Waals surface area contributed by atoms with Crippen LogP contribution in [0.3, 0.4) is 0 Å². The molecule has 0 fully saturated rings. The summed E-state index contributed by atoms with van der Waals surface area (Å²) in [6, 6.07) is 9.17. The number of nitrogens with zero attached hydrogens (tertiary/aromatic N) is 3. The molecule has 0 saturated carbocycles. The molecular formula is C17H22F2N4O. The Morgan fingerprint density at radius 2 is 1.96 bits per heavy atom. The molecule has 7 heteroatoms. The average Bonchev–Trinajstić information content (AvgIpc) is 3.01. The first kappa shape index (κ1) is 17.9. The third-order valence-electron chi connectivity index (χ3n) is 3.79. The number of carbonyl (C=O) groups excluding carboxylic acids is 1. The minimum absolute atomic E-state index is 0.00276. The zero-order chi connectivity index (χ0) is 17.7. The molecule has 5 nitrogen and oxygen atoms in total. The van der Waals surface area contributed by atoms with Crippen molar-refractivity contribution in [2.45, 2.75) is 33.0 Å². The lowest BCUT2D eigenvalue weighted by Gasteiger charge is -2.26. The highest BCUT2D eigenvalue weighted by molar-refractivity contribution is 5.74. The van der Waals surface area contributed by atoms with Crippen molar-refractivity contribution in [3.05, 3.63) is 54.1 Å². The molecule has 1 unspecified atom stereocenters. The summed E-state index contributed by atoms with van der Waals surface area (Å²) < 4.78 is 26.5. The van der Waals surface area contributed by atoms with Gasteiger partial charge in [0.05, 0.1) is 12.6 Å². The van der Waals surface area contributed by atoms with Crippen LogP contribution in [-0.2, 0) is 6.54 Å². The molecule has 1 aromatic carbocycles. The van der Waals surface area contributed by atoms with E-state index in [2.05, 4.69) is 10.3 Å². The van der Waals surface area contributed by atoms with E-state index in [-0.39, 0.29) is 30.4 Å². The van der Waals surface area contributed by atoms with Crippen molar-refractivity contribution < 1.29 is 13.6 Å². The lowest BCUT2D eigenvalue weighted by Crippen LogP contribution is -2.41. The van der Waals surface area contributed by atoms with E-state index in [4.69, 9.17) is 0 Å². The Morgan fingerprint density at radius 1 is 1.29 bits per heavy atom. The smallest absolute Gasteiger partial charge is 0.319 e. The Morgan fingerprint density at radius 3 is 2.54 bits per heavy atom. The Balaban J connectivity index is 2.05. The number of rotatable bonds is 6. The number of nitrogens with one attached hydrogen (secondary N) is 1. The van der Waals surface area contributed by atoms with Crippen molar-refractivity contribution in [3.8, 4) is 0 Å². The van der Waals surface area contributed by atoms with Crippen LogP contribution in [0.15, 0.2) is 42.7 Å². The van der Waals surface area contributed by atoms with Gasteiger partial charge in [0.15, 0.2) is 0 Å². The van der Waals surface area contributed by atoms with Crippen LogP contribution in [0, 0.1) is 5.92 Å². The van der Waals surface area contributed by atoms with Gasteiger partial charge in [-0.2, -0.15) is 8.78 Å². The summed E-state index contributed by atoms with van der Waals surface area (Å²) in [7, 11) is 1.56. The molecule has 0 aliphatic rings. The van der Waals surface area contributed by atoms with Crippen LogP contribution in [0.1, 0.15) is 37.8 Å². The van der Waals surface area contributed by atoms with Gasteiger partial charge in [-0.25, -0.2) is 9.78 Å². The summed E-state index contributed by atoms with van der Waals surface area (Å²) >= 11 is 0. The molecule has 0 saturated heterocycles. The molecule has 1 atom stereocenters. The molecule has 0 radical (unpaired) electrons. The number of hydrogen-bond acceptors (Lipinski definition) is 2. The molecule has 0 bridgehead atoms. The van der Waals surface area contributed by atoms with Crippen molar-refractivity contribution in [1.29, 1.82) is 0 Å². The Bertz CT molecular complexity index is 658. The first-order chi connectivity index (χ1) is 11.4. The molecule has 2 aromatic rings. The lowest BCUT2D eigenvalue weighted by atomic mass is 9.96. The number of alkyl halides is 2. The number of imidazole rings is 1. The third kappa shape index (κ3) is 4.31. The van der Waals surface area contributed by atoms with Crippen molar-refractivity contribution in [1.82, 2.24) is 19.8 Å². The van der Waals surface area contributed by atoms with Crippen LogP contribution < -0.4 is 5.32 Å². The van der Waals surface area contributed by atoms with E-state index >= 15 is 0 Å². The van der Waals surface area contributed by atoms with Crippen LogP contribution in [0.5, 0.6) is 0 Å². The number of amides is 2. The quantitative estimate of drug-likeness (QED) is 0.872. The van der Waals surface area contributed by atoms with Crippen LogP contribution in [0.4, 0.5) is 13.6 Å². The highest BCUT2D eigenvalue weighted by Gasteiger charge is 2.21. The van der Waals surface area contributed by atoms with Crippen LogP contribution in [-0.4, -0.2) is 27.5 Å². The maximum atomic E-state index is 12.9. The monoisotopic (exact) mass is 336 g/mol. The fourth-order valence-electron chi connectivity index (χ4n) is 2.47. The molecule has 1 heterocycles. The van der Waals surface area contributed by atoms with Crippen LogP contribution in [0.2, 0.25) is 0 Å². The van der Waals surface area contributed by atoms with Gasteiger partial charge in [-0.3, -0.25) is 4.57 Å². The zero-order valence-corrected chi connectivity index (χ0v) is 14.0. The number of carbonyl (C=O) groups is 1. The minimum Gasteiger partial charge on any atom is -0.331 e. The number of urea groups is 1. The summed E-state index contributed by atoms with van der Waals surface area (Å²) in [4.78, 5) is 17.7. The van der Waals surface area contributed by atoms with E-state index in [1.807, 2.05) is 44.2 Å². The summed E-state index contributed by atoms with van der Waals surface area (Å²) in [5.41, 5.74) is 1.00. The van der Waals surface area contributed by atoms with E-state index < -0.39 is 6.55 Å². The third-order valence-corrected chi connectivity index (χ3v) is 3.79. The van der Waals surface area contributed by atoms with Crippen LogP contribution in [0.25, 0.3) is 0 Å². The largest absolute Gasteiger partial charge is 0.331 e. The molecule has 1 aromatic heterocycles. The van der Waals surface area contributed by atoms with Crippen LogP contribution >= 0.6 is 0 Å². The van der Waals surface area contributed by atoms with Gasteiger partial charge in [0, 0.05) is 19.4 Å². The van der Waals surface area contributed by atoms with Crippen molar-refractivity contribution >= 4 is 6.03 Å². The second-order valence-corrected chi connectivity index (χ2v) is 5.97. The predicted molar refractivity (Wildman–Crippen MR) is 87.5 cm³/mol. The number of benzene rings is 1. The number of halogens is 2. The molecule has 1 N–H and O–H groups in total. The molecule has 0 spiro atoms. The van der Waals surface area contributed by atoms with Gasteiger partial charge < -0.3 is 10.2 Å². The van der Waals surface area contributed by atoms with E-state index in [1.54, 1.807) is 7.05 Å². The van der Waals surface area contributed by atoms with E-state index in [0.29, 0.717) is 0 Å². The molecule has 0 aliphatic carbocycles. The van der Waals surface area contributed by atoms with Gasteiger partial charge in [-0.15, -0.1) is 0 Å². The van der Waals surface area contributed by atoms with Crippen molar-refractivity contribution in [2.24, 2.45) is 5.92 Å². The normalized spacial score (nSPS) is 12.5. The van der Waals surface area contributed by atoms with E-state index in [1.165, 1.54) is 17.3 Å². The Kier molecular flexibility index (Phi) is 5.89. The Hall–Kier alpha value is -2.44. The highest BCUT2D eigenvalue weighted by Crippen LogP contribution is 2.22. The SMILES string of the molecule is CC(C)C(NC(=O)N(C)Cc1nccn1C(F)F)c1ccccc1. The average molecular weight is 336 g/mol. The second-order valence-electron chi connectivity index (χ2n) is 5.97. The summed E-state index contributed by atoms with van der Waals surface area (Å²) in [6.07, 6.45) is 2.50. The van der Waals surface area contributed by atoms with Gasteiger partial charge in [0.25, 0.3) is 0 Å². The predicted octanol–water partition coefficient (Wildman–Crippen LogP) is 3.82. The molecule has 130 valence electrons. The standard InChI is InChI=1S/C17H22F2N4O/c1-12(2)15(13-7-5-4-6-8-13)21-17(24)22(3)11-14-20-9-10-23(14)16(18)19/h4-10,12,15-16H,11H2,1-3H3,(H,21,24). The lowest BCUT2D eigenvalue weighted by molar-refractivity contribution is 0.0650. The maximum Gasteiger partial charge on any atom is 0.319 e. The van der Waals surface area contributed by atoms with Gasteiger partial charge in [0.2, 0.25) is 0 Å². The topological polar surface area (TPSA) is 50.2 Å². The van der Waals surface area contributed by atoms with E-state index in [9.17, 15) is 13.6 Å². The highest BCUT2D eigenvalue weighted by atomic mass is 19.3. The minimum atomic E-state index is -2.67.